The summed E-state index contributed by atoms with van der Waals surface area (Å²) in [5, 5.41) is 12.2. The second-order valence-corrected chi connectivity index (χ2v) is 6.87. The molecular formula is C16H20N2O4S. The highest BCUT2D eigenvalue weighted by molar-refractivity contribution is 7.87. The van der Waals surface area contributed by atoms with Crippen molar-refractivity contribution in [2.24, 2.45) is 0 Å². The minimum atomic E-state index is -1.66. The van der Waals surface area contributed by atoms with E-state index >= 15 is 0 Å². The van der Waals surface area contributed by atoms with E-state index in [0.717, 1.165) is 0 Å². The van der Waals surface area contributed by atoms with Crippen LogP contribution in [0.4, 0.5) is 0 Å². The van der Waals surface area contributed by atoms with E-state index in [0.29, 0.717) is 36.6 Å². The van der Waals surface area contributed by atoms with Gasteiger partial charge in [0.15, 0.2) is 0 Å². The lowest BCUT2D eigenvalue weighted by Crippen LogP contribution is -2.55. The van der Waals surface area contributed by atoms with Gasteiger partial charge in [-0.15, -0.1) is 5.92 Å². The van der Waals surface area contributed by atoms with Crippen LogP contribution in [0.2, 0.25) is 0 Å². The van der Waals surface area contributed by atoms with E-state index in [1.54, 1.807) is 36.7 Å². The van der Waals surface area contributed by atoms with Crippen LogP contribution in [0.3, 0.4) is 0 Å². The average Bonchev–Trinajstić information content (AvgIpc) is 2.61. The molecule has 0 spiro atoms. The van der Waals surface area contributed by atoms with Crippen LogP contribution in [0.15, 0.2) is 29.2 Å². The first-order chi connectivity index (χ1) is 11.2. The number of carbonyl (C=O) groups is 1. The molecule has 1 heterocycles. The Morgan fingerprint density at radius 3 is 2.78 bits per heavy atom. The Morgan fingerprint density at radius 2 is 2.13 bits per heavy atom. The maximum atomic E-state index is 13.2. The molecule has 0 aliphatic carbocycles. The van der Waals surface area contributed by atoms with Crippen LogP contribution in [0.1, 0.15) is 19.8 Å². The van der Waals surface area contributed by atoms with Crippen molar-refractivity contribution in [1.82, 2.24) is 10.8 Å². The summed E-state index contributed by atoms with van der Waals surface area (Å²) in [6.45, 7) is 3.02. The van der Waals surface area contributed by atoms with E-state index in [2.05, 4.69) is 17.2 Å². The summed E-state index contributed by atoms with van der Waals surface area (Å²) in [5.74, 6) is 5.33. The Morgan fingerprint density at radius 1 is 1.43 bits per heavy atom. The van der Waals surface area contributed by atoms with Crippen LogP contribution >= 0.6 is 0 Å². The molecule has 1 aromatic carbocycles. The number of benzene rings is 1. The van der Waals surface area contributed by atoms with Crippen molar-refractivity contribution >= 4 is 16.7 Å². The summed E-state index contributed by atoms with van der Waals surface area (Å²) in [6.07, 6.45) is 0.740. The number of hydrogen-bond acceptors (Lipinski definition) is 5. The fourth-order valence-corrected chi connectivity index (χ4v) is 4.27. The monoisotopic (exact) mass is 336 g/mol. The number of rotatable bonds is 5. The van der Waals surface area contributed by atoms with E-state index in [4.69, 9.17) is 9.94 Å². The highest BCUT2D eigenvalue weighted by Gasteiger charge is 2.46. The largest absolute Gasteiger partial charge is 0.480 e. The van der Waals surface area contributed by atoms with Gasteiger partial charge in [0, 0.05) is 0 Å². The van der Waals surface area contributed by atoms with E-state index in [1.807, 2.05) is 0 Å². The topological polar surface area (TPSA) is 87.7 Å². The molecular weight excluding hydrogens is 316 g/mol. The zero-order chi connectivity index (χ0) is 16.7. The third kappa shape index (κ3) is 3.72. The summed E-state index contributed by atoms with van der Waals surface area (Å²) in [7, 11) is -1.66. The number of hydrogen-bond donors (Lipinski definition) is 3. The molecule has 124 valence electrons. The third-order valence-corrected chi connectivity index (χ3v) is 5.85. The van der Waals surface area contributed by atoms with Crippen molar-refractivity contribution in [2.45, 2.75) is 29.4 Å². The Kier molecular flexibility index (Phi) is 6.16. The molecule has 1 fully saturated rings. The second kappa shape index (κ2) is 8.11. The van der Waals surface area contributed by atoms with Crippen molar-refractivity contribution in [3.8, 4) is 17.6 Å². The number of hydroxylamine groups is 1. The molecule has 1 saturated heterocycles. The summed E-state index contributed by atoms with van der Waals surface area (Å²) < 4.78 is 17.6. The van der Waals surface area contributed by atoms with E-state index in [9.17, 15) is 9.00 Å². The number of piperidine rings is 1. The van der Waals surface area contributed by atoms with Crippen LogP contribution in [-0.2, 0) is 15.6 Å². The molecule has 1 aliphatic rings. The van der Waals surface area contributed by atoms with Gasteiger partial charge in [-0.25, -0.2) is 5.48 Å². The average molecular weight is 336 g/mol. The maximum Gasteiger partial charge on any atom is 0.262 e. The number of nitrogens with one attached hydrogen (secondary N) is 2. The molecule has 1 aliphatic heterocycles. The standard InChI is InChI=1S/C16H20N2O4S/c1-2-3-12-22-13-6-4-5-7-14(13)23(21)16(15(19)18-20)8-10-17-11-9-16/h4-7,17,20H,8-12H2,1H3,(H,18,19). The van der Waals surface area contributed by atoms with E-state index < -0.39 is 21.5 Å². The molecule has 3 N–H and O–H groups in total. The molecule has 1 unspecified atom stereocenters. The molecule has 7 heteroatoms. The summed E-state index contributed by atoms with van der Waals surface area (Å²) in [6, 6.07) is 6.91. The van der Waals surface area contributed by atoms with Gasteiger partial charge in [-0.2, -0.15) is 0 Å². The fraction of sp³-hybridized carbons (Fsp3) is 0.438. The summed E-state index contributed by atoms with van der Waals surface area (Å²) >= 11 is 0. The maximum absolute atomic E-state index is 13.2. The van der Waals surface area contributed by atoms with Crippen molar-refractivity contribution in [1.29, 1.82) is 0 Å². The lowest BCUT2D eigenvalue weighted by atomic mass is 9.96. The van der Waals surface area contributed by atoms with Gasteiger partial charge < -0.3 is 10.1 Å². The Labute approximate surface area is 138 Å². The Hall–Kier alpha value is -1.88. The summed E-state index contributed by atoms with van der Waals surface area (Å²) in [4.78, 5) is 12.7. The number of ether oxygens (including phenoxy) is 1. The van der Waals surface area contributed by atoms with Gasteiger partial charge >= 0.3 is 0 Å². The van der Waals surface area contributed by atoms with Gasteiger partial charge in [0.25, 0.3) is 5.91 Å². The van der Waals surface area contributed by atoms with Crippen LogP contribution in [0.25, 0.3) is 0 Å². The minimum Gasteiger partial charge on any atom is -0.480 e. The van der Waals surface area contributed by atoms with Gasteiger partial charge in [0.05, 0.1) is 15.7 Å². The first-order valence-corrected chi connectivity index (χ1v) is 8.49. The van der Waals surface area contributed by atoms with Crippen LogP contribution < -0.4 is 15.5 Å². The summed E-state index contributed by atoms with van der Waals surface area (Å²) in [5.41, 5.74) is 1.68. The first-order valence-electron chi connectivity index (χ1n) is 7.34. The van der Waals surface area contributed by atoms with Gasteiger partial charge in [0.2, 0.25) is 0 Å². The normalized spacial score (nSPS) is 17.5. The molecule has 2 rings (SSSR count). The molecule has 0 bridgehead atoms. The third-order valence-electron chi connectivity index (χ3n) is 3.81. The predicted octanol–water partition coefficient (Wildman–Crippen LogP) is 0.824. The van der Waals surface area contributed by atoms with Gasteiger partial charge in [-0.3, -0.25) is 14.2 Å². The van der Waals surface area contributed by atoms with Crippen LogP contribution in [-0.4, -0.2) is 39.8 Å². The minimum absolute atomic E-state index is 0.186. The highest BCUT2D eigenvalue weighted by atomic mass is 32.2. The Balaban J connectivity index is 2.36. The lowest BCUT2D eigenvalue weighted by Gasteiger charge is -2.34. The highest BCUT2D eigenvalue weighted by Crippen LogP contribution is 2.34. The molecule has 1 amide bonds. The zero-order valence-electron chi connectivity index (χ0n) is 12.9. The molecule has 6 nitrogen and oxygen atoms in total. The van der Waals surface area contributed by atoms with Crippen molar-refractivity contribution in [3.63, 3.8) is 0 Å². The van der Waals surface area contributed by atoms with E-state index in [1.165, 1.54) is 0 Å². The molecule has 1 atom stereocenters. The molecule has 23 heavy (non-hydrogen) atoms. The predicted molar refractivity (Wildman–Crippen MR) is 86.6 cm³/mol. The lowest BCUT2D eigenvalue weighted by molar-refractivity contribution is -0.132. The Bertz CT molecular complexity index is 645. The van der Waals surface area contributed by atoms with Gasteiger partial charge in [-0.05, 0) is 45.0 Å². The van der Waals surface area contributed by atoms with Crippen molar-refractivity contribution in [2.75, 3.05) is 19.7 Å². The number of para-hydroxylation sites is 1. The number of amides is 1. The first kappa shape index (κ1) is 17.5. The quantitative estimate of drug-likeness (QED) is 0.421. The number of carbonyl (C=O) groups excluding carboxylic acids is 1. The second-order valence-electron chi connectivity index (χ2n) is 5.12. The zero-order valence-corrected chi connectivity index (χ0v) is 13.7. The molecule has 0 saturated carbocycles. The SMILES string of the molecule is CC#CCOc1ccccc1S(=O)C1(C(=O)NO)CCNCC1. The van der Waals surface area contributed by atoms with Crippen molar-refractivity contribution in [3.05, 3.63) is 24.3 Å². The van der Waals surface area contributed by atoms with E-state index in [-0.39, 0.29) is 6.61 Å². The molecule has 1 aromatic rings. The van der Waals surface area contributed by atoms with Crippen LogP contribution in [0, 0.1) is 11.8 Å². The van der Waals surface area contributed by atoms with Gasteiger partial charge in [0.1, 0.15) is 17.1 Å². The van der Waals surface area contributed by atoms with Gasteiger partial charge in [-0.1, -0.05) is 18.1 Å². The fourth-order valence-electron chi connectivity index (χ4n) is 2.55. The van der Waals surface area contributed by atoms with Crippen LogP contribution in [0.5, 0.6) is 5.75 Å². The van der Waals surface area contributed by atoms with Crippen molar-refractivity contribution < 1.29 is 18.9 Å². The smallest absolute Gasteiger partial charge is 0.262 e. The molecule has 0 radical (unpaired) electrons. The molecule has 0 aromatic heterocycles.